The minimum Gasteiger partial charge on any atom is -0.490 e. The van der Waals surface area contributed by atoms with E-state index in [0.717, 1.165) is 11.3 Å². The Bertz CT molecular complexity index is 922. The van der Waals surface area contributed by atoms with Gasteiger partial charge in [-0.15, -0.1) is 0 Å². The van der Waals surface area contributed by atoms with Crippen molar-refractivity contribution in [2.75, 3.05) is 13.2 Å². The first-order chi connectivity index (χ1) is 12.5. The number of fused-ring (bicyclic) bond motifs is 1. The van der Waals surface area contributed by atoms with Gasteiger partial charge in [-0.3, -0.25) is 9.97 Å². The number of rotatable bonds is 6. The van der Waals surface area contributed by atoms with Crippen LogP contribution in [0.4, 0.5) is 0 Å². The summed E-state index contributed by atoms with van der Waals surface area (Å²) in [6.07, 6.45) is 3.21. The summed E-state index contributed by atoms with van der Waals surface area (Å²) in [7, 11) is 0. The molecule has 0 bridgehead atoms. The highest BCUT2D eigenvalue weighted by Crippen LogP contribution is 2.23. The summed E-state index contributed by atoms with van der Waals surface area (Å²) >= 11 is 0. The molecule has 1 heterocycles. The smallest absolute Gasteiger partial charge is 0.338 e. The summed E-state index contributed by atoms with van der Waals surface area (Å²) in [6.45, 7) is 6.90. The molecule has 0 fully saturated rings. The second kappa shape index (κ2) is 7.95. The van der Waals surface area contributed by atoms with Crippen LogP contribution in [0.1, 0.15) is 41.3 Å². The van der Waals surface area contributed by atoms with Gasteiger partial charge in [0.05, 0.1) is 16.6 Å². The van der Waals surface area contributed by atoms with Gasteiger partial charge in [-0.2, -0.15) is 0 Å². The van der Waals surface area contributed by atoms with E-state index >= 15 is 0 Å². The van der Waals surface area contributed by atoms with Crippen molar-refractivity contribution in [3.63, 3.8) is 0 Å². The Morgan fingerprint density at radius 2 is 1.77 bits per heavy atom. The number of hydrogen-bond donors (Lipinski definition) is 0. The van der Waals surface area contributed by atoms with Crippen LogP contribution in [0.5, 0.6) is 5.75 Å². The van der Waals surface area contributed by atoms with E-state index < -0.39 is 5.97 Å². The number of benzene rings is 2. The first-order valence-electron chi connectivity index (χ1n) is 8.66. The van der Waals surface area contributed by atoms with Crippen LogP contribution in [-0.4, -0.2) is 29.2 Å². The fourth-order valence-corrected chi connectivity index (χ4v) is 2.85. The predicted octanol–water partition coefficient (Wildman–Crippen LogP) is 4.30. The Hall–Kier alpha value is -2.95. The molecule has 5 nitrogen and oxygen atoms in total. The summed E-state index contributed by atoms with van der Waals surface area (Å²) in [5.74, 6) is 0.869. The molecule has 0 saturated carbocycles. The van der Waals surface area contributed by atoms with Gasteiger partial charge in [-0.25, -0.2) is 4.79 Å². The predicted molar refractivity (Wildman–Crippen MR) is 101 cm³/mol. The molecule has 0 atom stereocenters. The van der Waals surface area contributed by atoms with Crippen LogP contribution in [0.2, 0.25) is 0 Å². The molecule has 0 spiro atoms. The molecule has 0 N–H and O–H groups in total. The van der Waals surface area contributed by atoms with E-state index in [1.807, 2.05) is 12.1 Å². The molecule has 0 saturated heterocycles. The quantitative estimate of drug-likeness (QED) is 0.490. The van der Waals surface area contributed by atoms with Crippen molar-refractivity contribution in [2.24, 2.45) is 0 Å². The zero-order valence-electron chi connectivity index (χ0n) is 15.2. The molecule has 3 aromatic rings. The normalized spacial score (nSPS) is 10.9. The van der Waals surface area contributed by atoms with Crippen molar-refractivity contribution in [3.8, 4) is 5.75 Å². The number of carbonyl (C=O) groups excluding carboxylic acids is 1. The average Bonchev–Trinajstić information content (AvgIpc) is 2.64. The van der Waals surface area contributed by atoms with Gasteiger partial charge in [0.15, 0.2) is 0 Å². The summed E-state index contributed by atoms with van der Waals surface area (Å²) in [5, 5.41) is 0. The fourth-order valence-electron chi connectivity index (χ4n) is 2.85. The van der Waals surface area contributed by atoms with Crippen LogP contribution in [0.25, 0.3) is 11.0 Å². The third kappa shape index (κ3) is 4.17. The lowest BCUT2D eigenvalue weighted by Crippen LogP contribution is -2.12. The minimum absolute atomic E-state index is 0.183. The maximum atomic E-state index is 12.1. The summed E-state index contributed by atoms with van der Waals surface area (Å²) in [6, 6.07) is 11.2. The number of ether oxygens (including phenoxy) is 2. The van der Waals surface area contributed by atoms with Crippen LogP contribution in [0.3, 0.4) is 0 Å². The molecule has 0 amide bonds. The highest BCUT2D eigenvalue weighted by molar-refractivity contribution is 5.93. The molecule has 5 heteroatoms. The Labute approximate surface area is 153 Å². The number of nitrogens with zero attached hydrogens (tertiary/aromatic N) is 2. The van der Waals surface area contributed by atoms with Crippen LogP contribution in [0, 0.1) is 6.92 Å². The minimum atomic E-state index is -0.396. The average molecular weight is 350 g/mol. The van der Waals surface area contributed by atoms with Crippen LogP contribution < -0.4 is 4.74 Å². The van der Waals surface area contributed by atoms with E-state index in [9.17, 15) is 4.79 Å². The standard InChI is InChI=1S/C21H22N2O3/c1-14(2)18-6-5-17(12-15(18)3)25-10-11-26-21(24)16-4-7-19-20(13-16)23-9-8-22-19/h4-9,12-14H,10-11H2,1-3H3. The second-order valence-corrected chi connectivity index (χ2v) is 6.42. The van der Waals surface area contributed by atoms with Gasteiger partial charge < -0.3 is 9.47 Å². The number of esters is 1. The molecule has 0 aliphatic carbocycles. The van der Waals surface area contributed by atoms with Gasteiger partial charge in [0.2, 0.25) is 0 Å². The molecule has 26 heavy (non-hydrogen) atoms. The molecule has 0 aliphatic rings. The fraction of sp³-hybridized carbons (Fsp3) is 0.286. The Morgan fingerprint density at radius 1 is 1.00 bits per heavy atom. The van der Waals surface area contributed by atoms with E-state index in [1.54, 1.807) is 30.6 Å². The maximum Gasteiger partial charge on any atom is 0.338 e. The number of hydrogen-bond acceptors (Lipinski definition) is 5. The first-order valence-corrected chi connectivity index (χ1v) is 8.66. The van der Waals surface area contributed by atoms with E-state index in [1.165, 1.54) is 11.1 Å². The second-order valence-electron chi connectivity index (χ2n) is 6.42. The molecule has 0 aliphatic heterocycles. The summed E-state index contributed by atoms with van der Waals surface area (Å²) in [4.78, 5) is 20.5. The Balaban J connectivity index is 1.52. The first kappa shape index (κ1) is 17.9. The van der Waals surface area contributed by atoms with Crippen molar-refractivity contribution in [3.05, 3.63) is 65.5 Å². The highest BCUT2D eigenvalue weighted by Gasteiger charge is 2.09. The molecule has 0 radical (unpaired) electrons. The lowest BCUT2D eigenvalue weighted by molar-refractivity contribution is 0.0450. The van der Waals surface area contributed by atoms with Crippen molar-refractivity contribution >= 4 is 17.0 Å². The molecular formula is C21H22N2O3. The van der Waals surface area contributed by atoms with Gasteiger partial charge in [-0.1, -0.05) is 19.9 Å². The molecule has 134 valence electrons. The molecule has 1 aromatic heterocycles. The van der Waals surface area contributed by atoms with Crippen molar-refractivity contribution in [1.82, 2.24) is 9.97 Å². The van der Waals surface area contributed by atoms with Crippen LogP contribution in [-0.2, 0) is 4.74 Å². The van der Waals surface area contributed by atoms with Crippen molar-refractivity contribution in [2.45, 2.75) is 26.7 Å². The third-order valence-corrected chi connectivity index (χ3v) is 4.15. The van der Waals surface area contributed by atoms with Crippen LogP contribution in [0.15, 0.2) is 48.8 Å². The van der Waals surface area contributed by atoms with Gasteiger partial charge >= 0.3 is 5.97 Å². The monoisotopic (exact) mass is 350 g/mol. The molecule has 0 unspecified atom stereocenters. The summed E-state index contributed by atoms with van der Waals surface area (Å²) in [5.41, 5.74) is 4.37. The zero-order valence-corrected chi connectivity index (χ0v) is 15.2. The van der Waals surface area contributed by atoms with Gasteiger partial charge in [0.25, 0.3) is 0 Å². The van der Waals surface area contributed by atoms with E-state index in [-0.39, 0.29) is 6.61 Å². The molecular weight excluding hydrogens is 328 g/mol. The zero-order chi connectivity index (χ0) is 18.5. The lowest BCUT2D eigenvalue weighted by atomic mass is 9.98. The Morgan fingerprint density at radius 3 is 2.50 bits per heavy atom. The Kier molecular flexibility index (Phi) is 5.46. The SMILES string of the molecule is Cc1cc(OCCOC(=O)c2ccc3nccnc3c2)ccc1C(C)C. The van der Waals surface area contributed by atoms with Crippen molar-refractivity contribution in [1.29, 1.82) is 0 Å². The summed E-state index contributed by atoms with van der Waals surface area (Å²) < 4.78 is 11.0. The van der Waals surface area contributed by atoms with E-state index in [2.05, 4.69) is 36.8 Å². The van der Waals surface area contributed by atoms with Crippen LogP contribution >= 0.6 is 0 Å². The maximum absolute atomic E-state index is 12.1. The number of aryl methyl sites for hydroxylation is 1. The van der Waals surface area contributed by atoms with Crippen molar-refractivity contribution < 1.29 is 14.3 Å². The third-order valence-electron chi connectivity index (χ3n) is 4.15. The van der Waals surface area contributed by atoms with E-state index in [4.69, 9.17) is 9.47 Å². The highest BCUT2D eigenvalue weighted by atomic mass is 16.6. The topological polar surface area (TPSA) is 61.3 Å². The van der Waals surface area contributed by atoms with Gasteiger partial charge in [0, 0.05) is 12.4 Å². The van der Waals surface area contributed by atoms with Gasteiger partial charge in [0.1, 0.15) is 19.0 Å². The van der Waals surface area contributed by atoms with Gasteiger partial charge in [-0.05, 0) is 54.3 Å². The molecule has 2 aromatic carbocycles. The lowest BCUT2D eigenvalue weighted by Gasteiger charge is -2.12. The largest absolute Gasteiger partial charge is 0.490 e. The number of carbonyl (C=O) groups is 1. The van der Waals surface area contributed by atoms with E-state index in [0.29, 0.717) is 23.6 Å². The number of aromatic nitrogens is 2. The molecule has 3 rings (SSSR count).